The van der Waals surface area contributed by atoms with Gasteiger partial charge < -0.3 is 15.4 Å². The van der Waals surface area contributed by atoms with Gasteiger partial charge in [0.2, 0.25) is 0 Å². The maximum absolute atomic E-state index is 12.5. The van der Waals surface area contributed by atoms with Gasteiger partial charge in [-0.05, 0) is 49.9 Å². The predicted molar refractivity (Wildman–Crippen MR) is 91.6 cm³/mol. The molecule has 1 fully saturated rings. The number of anilines is 1. The van der Waals surface area contributed by atoms with Crippen LogP contribution in [-0.4, -0.2) is 34.2 Å². The fourth-order valence-electron chi connectivity index (χ4n) is 3.47. The number of rotatable bonds is 3. The second kappa shape index (κ2) is 6.58. The van der Waals surface area contributed by atoms with E-state index in [9.17, 15) is 9.59 Å². The summed E-state index contributed by atoms with van der Waals surface area (Å²) in [5.74, 6) is 0.249. The van der Waals surface area contributed by atoms with E-state index >= 15 is 0 Å². The Morgan fingerprint density at radius 1 is 1.28 bits per heavy atom. The van der Waals surface area contributed by atoms with Crippen molar-refractivity contribution in [1.29, 1.82) is 0 Å². The van der Waals surface area contributed by atoms with Crippen LogP contribution >= 0.6 is 0 Å². The summed E-state index contributed by atoms with van der Waals surface area (Å²) in [4.78, 5) is 23.8. The minimum absolute atomic E-state index is 0.0183. The Bertz CT molecular complexity index is 780. The van der Waals surface area contributed by atoms with Crippen LogP contribution in [0.5, 0.6) is 5.75 Å². The van der Waals surface area contributed by atoms with E-state index < -0.39 is 0 Å². The number of nitrogens with one attached hydrogen (secondary N) is 2. The zero-order valence-electron chi connectivity index (χ0n) is 13.8. The second-order valence-electron chi connectivity index (χ2n) is 6.51. The molecule has 0 bridgehead atoms. The minimum atomic E-state index is -0.182. The van der Waals surface area contributed by atoms with E-state index in [-0.39, 0.29) is 24.5 Å². The van der Waals surface area contributed by atoms with Gasteiger partial charge in [-0.15, -0.1) is 0 Å². The molecule has 0 atom stereocenters. The van der Waals surface area contributed by atoms with E-state index in [0.29, 0.717) is 23.0 Å². The molecule has 0 saturated heterocycles. The van der Waals surface area contributed by atoms with Crippen molar-refractivity contribution >= 4 is 17.5 Å². The van der Waals surface area contributed by atoms with Crippen molar-refractivity contribution in [3.05, 3.63) is 42.2 Å². The van der Waals surface area contributed by atoms with Gasteiger partial charge in [0.25, 0.3) is 11.8 Å². The quantitative estimate of drug-likeness (QED) is 0.896. The van der Waals surface area contributed by atoms with Crippen molar-refractivity contribution in [1.82, 2.24) is 15.1 Å². The Balaban J connectivity index is 1.36. The lowest BCUT2D eigenvalue weighted by atomic mass is 9.91. The van der Waals surface area contributed by atoms with E-state index in [2.05, 4.69) is 15.7 Å². The molecule has 0 radical (unpaired) electrons. The highest BCUT2D eigenvalue weighted by Crippen LogP contribution is 2.30. The lowest BCUT2D eigenvalue weighted by Gasteiger charge is -2.29. The first-order valence-electron chi connectivity index (χ1n) is 8.56. The van der Waals surface area contributed by atoms with Gasteiger partial charge in [-0.3, -0.25) is 14.3 Å². The van der Waals surface area contributed by atoms with Gasteiger partial charge in [-0.2, -0.15) is 5.10 Å². The van der Waals surface area contributed by atoms with Crippen LogP contribution < -0.4 is 15.4 Å². The number of amides is 2. The zero-order valence-corrected chi connectivity index (χ0v) is 13.8. The molecule has 7 heteroatoms. The Morgan fingerprint density at radius 3 is 2.88 bits per heavy atom. The number of carbonyl (C=O) groups is 2. The van der Waals surface area contributed by atoms with Crippen LogP contribution in [-0.2, 0) is 4.79 Å². The van der Waals surface area contributed by atoms with Gasteiger partial charge in [0, 0.05) is 24.0 Å². The van der Waals surface area contributed by atoms with Crippen molar-refractivity contribution in [2.45, 2.75) is 37.8 Å². The summed E-state index contributed by atoms with van der Waals surface area (Å²) >= 11 is 0. The first-order valence-corrected chi connectivity index (χ1v) is 8.56. The van der Waals surface area contributed by atoms with Gasteiger partial charge in [-0.1, -0.05) is 0 Å². The van der Waals surface area contributed by atoms with Crippen LogP contribution in [0.25, 0.3) is 0 Å². The molecule has 7 nitrogen and oxygen atoms in total. The van der Waals surface area contributed by atoms with Crippen LogP contribution in [0.15, 0.2) is 36.7 Å². The lowest BCUT2D eigenvalue weighted by Crippen LogP contribution is -2.38. The molecule has 25 heavy (non-hydrogen) atoms. The van der Waals surface area contributed by atoms with E-state index in [1.54, 1.807) is 24.4 Å². The van der Waals surface area contributed by atoms with Gasteiger partial charge in [0.15, 0.2) is 6.61 Å². The molecule has 1 aliphatic carbocycles. The van der Waals surface area contributed by atoms with Crippen LogP contribution in [0, 0.1) is 0 Å². The van der Waals surface area contributed by atoms with Gasteiger partial charge in [0.05, 0.1) is 11.7 Å². The predicted octanol–water partition coefficient (Wildman–Crippen LogP) is 2.13. The first kappa shape index (κ1) is 15.7. The van der Waals surface area contributed by atoms with Gasteiger partial charge in [-0.25, -0.2) is 0 Å². The summed E-state index contributed by atoms with van der Waals surface area (Å²) in [6.45, 7) is -0.0183. The molecule has 2 aliphatic rings. The highest BCUT2D eigenvalue weighted by Gasteiger charge is 2.24. The molecule has 0 unspecified atom stereocenters. The summed E-state index contributed by atoms with van der Waals surface area (Å²) in [7, 11) is 0. The number of benzene rings is 1. The van der Waals surface area contributed by atoms with Crippen molar-refractivity contribution < 1.29 is 14.3 Å². The SMILES string of the molecule is O=C1COc2cc(C(=O)NC3CCC(n4cccn4)CC3)ccc2N1. The molecule has 2 heterocycles. The summed E-state index contributed by atoms with van der Waals surface area (Å²) < 4.78 is 7.38. The maximum atomic E-state index is 12.5. The number of hydrogen-bond donors (Lipinski definition) is 2. The third kappa shape index (κ3) is 3.35. The van der Waals surface area contributed by atoms with Crippen LogP contribution in [0.3, 0.4) is 0 Å². The largest absolute Gasteiger partial charge is 0.482 e. The normalized spacial score (nSPS) is 22.5. The minimum Gasteiger partial charge on any atom is -0.482 e. The molecule has 2 amide bonds. The molecule has 1 aliphatic heterocycles. The fraction of sp³-hybridized carbons (Fsp3) is 0.389. The number of hydrogen-bond acceptors (Lipinski definition) is 4. The second-order valence-corrected chi connectivity index (χ2v) is 6.51. The molecular formula is C18H20N4O3. The number of fused-ring (bicyclic) bond motifs is 1. The number of carbonyl (C=O) groups excluding carboxylic acids is 2. The molecule has 130 valence electrons. The Morgan fingerprint density at radius 2 is 2.12 bits per heavy atom. The van der Waals surface area contributed by atoms with Crippen molar-refractivity contribution in [3.63, 3.8) is 0 Å². The number of nitrogens with zero attached hydrogens (tertiary/aromatic N) is 2. The Labute approximate surface area is 145 Å². The third-order valence-corrected chi connectivity index (χ3v) is 4.81. The lowest BCUT2D eigenvalue weighted by molar-refractivity contribution is -0.118. The maximum Gasteiger partial charge on any atom is 0.262 e. The standard InChI is InChI=1S/C18H20N4O3/c23-17-11-25-16-10-12(2-7-15(16)21-17)18(24)20-13-3-5-14(6-4-13)22-9-1-8-19-22/h1-2,7-10,13-14H,3-6,11H2,(H,20,24)(H,21,23). The third-order valence-electron chi connectivity index (χ3n) is 4.81. The molecule has 2 N–H and O–H groups in total. The van der Waals surface area contributed by atoms with Crippen molar-refractivity contribution in [2.75, 3.05) is 11.9 Å². The average Bonchev–Trinajstić information content (AvgIpc) is 3.16. The van der Waals surface area contributed by atoms with Gasteiger partial charge in [0.1, 0.15) is 5.75 Å². The Kier molecular flexibility index (Phi) is 4.13. The molecule has 4 rings (SSSR count). The Hall–Kier alpha value is -2.83. The molecule has 2 aromatic rings. The molecular weight excluding hydrogens is 320 g/mol. The van der Waals surface area contributed by atoms with E-state index in [1.807, 2.05) is 16.9 Å². The van der Waals surface area contributed by atoms with Crippen molar-refractivity contribution in [2.24, 2.45) is 0 Å². The number of ether oxygens (including phenoxy) is 1. The molecule has 1 aromatic heterocycles. The summed E-state index contributed by atoms with van der Waals surface area (Å²) in [5.41, 5.74) is 1.15. The van der Waals surface area contributed by atoms with Crippen LogP contribution in [0.1, 0.15) is 42.1 Å². The monoisotopic (exact) mass is 340 g/mol. The first-order chi connectivity index (χ1) is 12.2. The highest BCUT2D eigenvalue weighted by molar-refractivity contribution is 5.99. The van der Waals surface area contributed by atoms with Gasteiger partial charge >= 0.3 is 0 Å². The zero-order chi connectivity index (χ0) is 17.2. The average molecular weight is 340 g/mol. The van der Waals surface area contributed by atoms with E-state index in [0.717, 1.165) is 25.7 Å². The van der Waals surface area contributed by atoms with Crippen LogP contribution in [0.2, 0.25) is 0 Å². The highest BCUT2D eigenvalue weighted by atomic mass is 16.5. The summed E-state index contributed by atoms with van der Waals surface area (Å²) in [5, 5.41) is 10.1. The summed E-state index contributed by atoms with van der Waals surface area (Å²) in [6, 6.07) is 7.63. The smallest absolute Gasteiger partial charge is 0.262 e. The summed E-state index contributed by atoms with van der Waals surface area (Å²) in [6.07, 6.45) is 7.68. The van der Waals surface area contributed by atoms with E-state index in [1.165, 1.54) is 0 Å². The van der Waals surface area contributed by atoms with Crippen LogP contribution in [0.4, 0.5) is 5.69 Å². The molecule has 1 saturated carbocycles. The molecule has 1 aromatic carbocycles. The molecule has 0 spiro atoms. The van der Waals surface area contributed by atoms with E-state index in [4.69, 9.17) is 4.74 Å². The fourth-order valence-corrected chi connectivity index (χ4v) is 3.47. The number of aromatic nitrogens is 2. The topological polar surface area (TPSA) is 85.2 Å². The van der Waals surface area contributed by atoms with Crippen molar-refractivity contribution in [3.8, 4) is 5.75 Å².